The molecule has 0 aliphatic carbocycles. The minimum atomic E-state index is -2.10. The van der Waals surface area contributed by atoms with E-state index in [4.69, 9.17) is 27.8 Å². The number of rotatable bonds is 9. The normalized spacial score (nSPS) is 12.1. The van der Waals surface area contributed by atoms with E-state index in [1.807, 2.05) is 42.5 Å². The first-order chi connectivity index (χ1) is 18.0. The number of hydrogen-bond acceptors (Lipinski definition) is 7. The van der Waals surface area contributed by atoms with Crippen LogP contribution in [0.4, 0.5) is 0 Å². The first kappa shape index (κ1) is 27.5. The molecule has 1 aromatic heterocycles. The van der Waals surface area contributed by atoms with Crippen molar-refractivity contribution in [2.75, 3.05) is 21.3 Å². The van der Waals surface area contributed by atoms with Crippen molar-refractivity contribution in [2.24, 2.45) is 0 Å². The smallest absolute Gasteiger partial charge is 0.348 e. The van der Waals surface area contributed by atoms with Crippen molar-refractivity contribution in [3.8, 4) is 23.0 Å². The molecule has 4 rings (SSSR count). The third-order valence-electron chi connectivity index (χ3n) is 7.32. The Labute approximate surface area is 224 Å². The molecule has 202 valence electrons. The number of ether oxygens (including phenoxy) is 4. The highest BCUT2D eigenvalue weighted by Gasteiger charge is 2.37. The van der Waals surface area contributed by atoms with Gasteiger partial charge in [-0.15, -0.1) is 0 Å². The summed E-state index contributed by atoms with van der Waals surface area (Å²) in [6, 6.07) is 15.2. The lowest BCUT2D eigenvalue weighted by Gasteiger charge is -2.36. The topological polar surface area (TPSA) is 76.4 Å². The Balaban J connectivity index is 2.01. The molecule has 0 amide bonds. The van der Waals surface area contributed by atoms with Gasteiger partial charge in [0.15, 0.2) is 19.6 Å². The molecule has 0 N–H and O–H groups in total. The summed E-state index contributed by atoms with van der Waals surface area (Å²) in [5.74, 6) is 1.73. The lowest BCUT2D eigenvalue weighted by molar-refractivity contribution is 0.272. The van der Waals surface area contributed by atoms with E-state index >= 15 is 0 Å². The van der Waals surface area contributed by atoms with E-state index in [0.717, 1.165) is 11.1 Å². The summed E-state index contributed by atoms with van der Waals surface area (Å²) < 4.78 is 35.7. The molecule has 8 heteroatoms. The largest absolute Gasteiger partial charge is 0.497 e. The van der Waals surface area contributed by atoms with Crippen molar-refractivity contribution in [1.29, 1.82) is 0 Å². The van der Waals surface area contributed by atoms with Gasteiger partial charge in [0, 0.05) is 16.8 Å². The van der Waals surface area contributed by atoms with Crippen molar-refractivity contribution in [2.45, 2.75) is 52.1 Å². The van der Waals surface area contributed by atoms with Crippen LogP contribution in [0.2, 0.25) is 18.1 Å². The number of hydrogen-bond donors (Lipinski definition) is 0. The van der Waals surface area contributed by atoms with E-state index < -0.39 is 13.9 Å². The predicted molar refractivity (Wildman–Crippen MR) is 152 cm³/mol. The van der Waals surface area contributed by atoms with Gasteiger partial charge in [0.2, 0.25) is 5.75 Å². The van der Waals surface area contributed by atoms with E-state index in [9.17, 15) is 4.79 Å². The van der Waals surface area contributed by atoms with Crippen molar-refractivity contribution < 1.29 is 27.8 Å². The average molecular weight is 537 g/mol. The third kappa shape index (κ3) is 5.24. The van der Waals surface area contributed by atoms with Gasteiger partial charge in [0.05, 0.1) is 27.9 Å². The van der Waals surface area contributed by atoms with Gasteiger partial charge in [0.1, 0.15) is 23.5 Å². The van der Waals surface area contributed by atoms with Crippen LogP contribution in [0, 0.1) is 0 Å². The Hall–Kier alpha value is -3.49. The lowest BCUT2D eigenvalue weighted by Crippen LogP contribution is -2.40. The van der Waals surface area contributed by atoms with Crippen molar-refractivity contribution in [3.63, 3.8) is 0 Å². The highest BCUT2D eigenvalue weighted by Crippen LogP contribution is 2.44. The highest BCUT2D eigenvalue weighted by molar-refractivity contribution is 6.74. The van der Waals surface area contributed by atoms with Crippen LogP contribution in [0.25, 0.3) is 21.7 Å². The Morgan fingerprint density at radius 2 is 1.53 bits per heavy atom. The van der Waals surface area contributed by atoms with Gasteiger partial charge in [-0.1, -0.05) is 51.1 Å². The zero-order valence-corrected chi connectivity index (χ0v) is 24.4. The molecule has 0 spiro atoms. The van der Waals surface area contributed by atoms with Crippen molar-refractivity contribution >= 4 is 30.1 Å². The van der Waals surface area contributed by atoms with E-state index in [1.54, 1.807) is 20.3 Å². The van der Waals surface area contributed by atoms with Crippen LogP contribution >= 0.6 is 0 Å². The standard InChI is InChI=1S/C30H36O7Si/c1-30(2,3)38(7,8)36-18-20-14-24(34-6)27(35-17-19-12-10-9-11-13-19)28-25(20)22-15-21(32-4)16-23(33-5)26(22)29(31)37-28/h9-16H,17-18H2,1-8H3. The molecule has 0 radical (unpaired) electrons. The van der Waals surface area contributed by atoms with Crippen LogP contribution in [0.15, 0.2) is 57.7 Å². The van der Waals surface area contributed by atoms with Gasteiger partial charge < -0.3 is 27.8 Å². The molecule has 4 aromatic rings. The molecule has 0 saturated carbocycles. The molecule has 0 aliphatic heterocycles. The molecular formula is C30H36O7Si. The maximum Gasteiger partial charge on any atom is 0.348 e. The number of benzene rings is 3. The van der Waals surface area contributed by atoms with E-state index in [1.165, 1.54) is 7.11 Å². The van der Waals surface area contributed by atoms with Gasteiger partial charge in [-0.2, -0.15) is 0 Å². The molecule has 1 heterocycles. The minimum absolute atomic E-state index is 0.0205. The van der Waals surface area contributed by atoms with E-state index in [-0.39, 0.29) is 11.6 Å². The highest BCUT2D eigenvalue weighted by atomic mass is 28.4. The Morgan fingerprint density at radius 1 is 0.842 bits per heavy atom. The second-order valence-electron chi connectivity index (χ2n) is 10.7. The number of methoxy groups -OCH3 is 3. The van der Waals surface area contributed by atoms with Crippen molar-refractivity contribution in [1.82, 2.24) is 0 Å². The van der Waals surface area contributed by atoms with Gasteiger partial charge in [-0.05, 0) is 41.4 Å². The summed E-state index contributed by atoms with van der Waals surface area (Å²) in [7, 11) is 2.56. The zero-order chi connectivity index (χ0) is 27.7. The molecule has 0 unspecified atom stereocenters. The van der Waals surface area contributed by atoms with Gasteiger partial charge in [-0.3, -0.25) is 0 Å². The molecule has 0 aliphatic rings. The predicted octanol–water partition coefficient (Wildman–Crippen LogP) is 7.07. The van der Waals surface area contributed by atoms with Crippen LogP contribution in [-0.4, -0.2) is 29.6 Å². The average Bonchev–Trinajstić information content (AvgIpc) is 2.89. The second-order valence-corrected chi connectivity index (χ2v) is 15.5. The van der Waals surface area contributed by atoms with Gasteiger partial charge in [-0.25, -0.2) is 4.79 Å². The summed E-state index contributed by atoms with van der Waals surface area (Å²) in [6.45, 7) is 11.6. The molecule has 3 aromatic carbocycles. The van der Waals surface area contributed by atoms with Crippen LogP contribution < -0.4 is 24.6 Å². The Bertz CT molecular complexity index is 1500. The maximum atomic E-state index is 13.3. The zero-order valence-electron chi connectivity index (χ0n) is 23.4. The fraction of sp³-hybridized carbons (Fsp3) is 0.367. The third-order valence-corrected chi connectivity index (χ3v) is 11.8. The quantitative estimate of drug-likeness (QED) is 0.129. The first-order valence-corrected chi connectivity index (χ1v) is 15.4. The van der Waals surface area contributed by atoms with Crippen molar-refractivity contribution in [3.05, 3.63) is 70.1 Å². The van der Waals surface area contributed by atoms with Gasteiger partial charge >= 0.3 is 5.63 Å². The minimum Gasteiger partial charge on any atom is -0.497 e. The summed E-state index contributed by atoms with van der Waals surface area (Å²) in [6.07, 6.45) is 0. The molecule has 0 saturated heterocycles. The summed E-state index contributed by atoms with van der Waals surface area (Å²) in [5, 5.41) is 1.67. The molecule has 7 nitrogen and oxygen atoms in total. The van der Waals surface area contributed by atoms with E-state index in [2.05, 4.69) is 33.9 Å². The van der Waals surface area contributed by atoms with Crippen LogP contribution in [-0.2, 0) is 17.6 Å². The molecule has 38 heavy (non-hydrogen) atoms. The Morgan fingerprint density at radius 3 is 2.13 bits per heavy atom. The first-order valence-electron chi connectivity index (χ1n) is 12.5. The van der Waals surface area contributed by atoms with Crippen LogP contribution in [0.3, 0.4) is 0 Å². The fourth-order valence-corrected chi connectivity index (χ4v) is 5.04. The SMILES string of the molecule is COc1cc(OC)c2c(=O)oc3c(OCc4ccccc4)c(OC)cc(CO[Si](C)(C)C(C)(C)C)c3c2c1. The van der Waals surface area contributed by atoms with E-state index in [0.29, 0.717) is 51.3 Å². The summed E-state index contributed by atoms with van der Waals surface area (Å²) in [4.78, 5) is 13.3. The molecular weight excluding hydrogens is 500 g/mol. The van der Waals surface area contributed by atoms with Gasteiger partial charge in [0.25, 0.3) is 0 Å². The monoisotopic (exact) mass is 536 g/mol. The fourth-order valence-electron chi connectivity index (χ4n) is 4.09. The summed E-state index contributed by atoms with van der Waals surface area (Å²) in [5.41, 5.74) is 1.54. The summed E-state index contributed by atoms with van der Waals surface area (Å²) >= 11 is 0. The Kier molecular flexibility index (Phi) is 7.76. The molecule has 0 fully saturated rings. The second kappa shape index (κ2) is 10.7. The van der Waals surface area contributed by atoms with Crippen LogP contribution in [0.5, 0.6) is 23.0 Å². The molecule has 0 atom stereocenters. The number of fused-ring (bicyclic) bond motifs is 3. The lowest BCUT2D eigenvalue weighted by atomic mass is 10.0. The molecule has 0 bridgehead atoms. The maximum absolute atomic E-state index is 13.3. The van der Waals surface area contributed by atoms with Crippen LogP contribution in [0.1, 0.15) is 31.9 Å².